The molecule has 4 nitrogen and oxygen atoms in total. The van der Waals surface area contributed by atoms with Crippen LogP contribution < -0.4 is 18.9 Å². The highest BCUT2D eigenvalue weighted by atomic mass is 32.2. The van der Waals surface area contributed by atoms with Crippen molar-refractivity contribution in [1.29, 1.82) is 0 Å². The van der Waals surface area contributed by atoms with Crippen molar-refractivity contribution in [3.8, 4) is 23.0 Å². The standard InChI is InChI=1S/C26H31O2S.C26H31S.C24H25S.2C22H23OS/c1-25(2,3)27-20-12-16-23(17-13-20)29(22-10-8-7-9-11-22)24-18-14-21(15-19-24)28-26(4,5)6;1-25(2,3)20-12-16-23(17-13-20)27(22-10-8-7-9-11-22)24-18-14-21(15-19-24)26(4,5)6;1-4-10-20(11-5-1)21-16-18-24(19-17-21)25(22-12-6-2-7-13-22)23-14-8-3-9-15-23;1-22(2,3)23-18-14-16-21(17-15-18)24(19-10-6-4-7-11-19)20-12-8-5-9-13-20;1-2-3-18-23-19-14-16-22(17-15-19)24(20-10-6-4-7-11-20)21-12-8-5-9-13-21/h7-19H,1-6H3;7-19H,1-6H3;2-3,6-9,12-20H,1,4-5,10-11H2;4-17H,1-3H3;4-17H,2-3,18H2,1H3/q5*+1. The molecule has 0 atom stereocenters. The molecule has 0 unspecified atom stereocenters. The summed E-state index contributed by atoms with van der Waals surface area (Å²) in [5.41, 5.74) is 4.07. The van der Waals surface area contributed by atoms with E-state index in [2.05, 4.69) is 523 Å². The fourth-order valence-electron chi connectivity index (χ4n) is 15.0. The van der Waals surface area contributed by atoms with Crippen molar-refractivity contribution in [2.45, 2.75) is 263 Å². The van der Waals surface area contributed by atoms with Crippen LogP contribution in [0.4, 0.5) is 0 Å². The molecule has 0 saturated heterocycles. The second-order valence-corrected chi connectivity index (χ2v) is 47.4. The molecule has 15 aromatic rings. The molecular weight excluding hydrogens is 1670 g/mol. The second-order valence-electron chi connectivity index (χ2n) is 37.2. The molecule has 0 aromatic heterocycles. The van der Waals surface area contributed by atoms with E-state index in [-0.39, 0.29) is 82.1 Å². The quantitative estimate of drug-likeness (QED) is 0.0472. The van der Waals surface area contributed by atoms with Gasteiger partial charge in [0.15, 0.2) is 73.4 Å². The summed E-state index contributed by atoms with van der Waals surface area (Å²) in [5.74, 6) is 4.43. The van der Waals surface area contributed by atoms with Crippen molar-refractivity contribution in [1.82, 2.24) is 0 Å². The minimum Gasteiger partial charge on any atom is -0.494 e. The summed E-state index contributed by atoms with van der Waals surface area (Å²) in [6, 6.07) is 148. The van der Waals surface area contributed by atoms with Crippen molar-refractivity contribution in [3.05, 3.63) is 429 Å². The third-order valence-electron chi connectivity index (χ3n) is 21.2. The minimum atomic E-state index is -0.203. The first kappa shape index (κ1) is 97.3. The summed E-state index contributed by atoms with van der Waals surface area (Å²) in [4.78, 5) is 20.1. The Morgan fingerprint density at radius 1 is 0.217 bits per heavy atom. The van der Waals surface area contributed by atoms with Gasteiger partial charge < -0.3 is 18.9 Å². The van der Waals surface area contributed by atoms with Crippen LogP contribution in [0.2, 0.25) is 0 Å². The Morgan fingerprint density at radius 2 is 0.403 bits per heavy atom. The van der Waals surface area contributed by atoms with E-state index < -0.39 is 0 Å². The van der Waals surface area contributed by atoms with Crippen LogP contribution in [0, 0.1) is 0 Å². The van der Waals surface area contributed by atoms with E-state index in [0.29, 0.717) is 0 Å². The Kier molecular flexibility index (Phi) is 35.6. The van der Waals surface area contributed by atoms with Crippen LogP contribution in [0.1, 0.15) is 178 Å². The Morgan fingerprint density at radius 3 is 0.597 bits per heavy atom. The smallest absolute Gasteiger partial charge is 0.166 e. The van der Waals surface area contributed by atoms with Gasteiger partial charge in [-0.3, -0.25) is 0 Å². The average Bonchev–Trinajstić information content (AvgIpc) is 0.806. The topological polar surface area (TPSA) is 36.9 Å². The Labute approximate surface area is 788 Å². The molecule has 1 aliphatic rings. The third kappa shape index (κ3) is 30.2. The van der Waals surface area contributed by atoms with Crippen LogP contribution in [-0.4, -0.2) is 23.4 Å². The molecule has 0 radical (unpaired) electrons. The lowest BCUT2D eigenvalue weighted by Crippen LogP contribution is -2.23. The predicted molar refractivity (Wildman–Crippen MR) is 552 cm³/mol. The Bertz CT molecular complexity index is 5460. The molecule has 0 aliphatic heterocycles. The highest BCUT2D eigenvalue weighted by Crippen LogP contribution is 2.41. The van der Waals surface area contributed by atoms with Gasteiger partial charge in [0, 0.05) is 0 Å². The summed E-state index contributed by atoms with van der Waals surface area (Å²) in [6.45, 7) is 35.2. The third-order valence-corrected chi connectivity index (χ3v) is 32.4. The van der Waals surface area contributed by atoms with Crippen LogP contribution in [0.3, 0.4) is 0 Å². The SMILES string of the molecule is CC(C)(C)Oc1ccc([S+](c2ccccc2)c2ccc(OC(C)(C)C)cc2)cc1.CC(C)(C)Oc1ccc([S+](c2ccccc2)c2ccccc2)cc1.CC(C)(C)c1ccc([S+](c2ccccc2)c2ccc(C(C)(C)C)cc2)cc1.CCCCOc1ccc([S+](c2ccccc2)c2ccccc2)cc1.c1ccc([S+](c2ccccc2)c2ccc(C3CCCCC3)cc2)cc1. The van der Waals surface area contributed by atoms with Crippen LogP contribution in [0.15, 0.2) is 486 Å². The maximum atomic E-state index is 6.00. The van der Waals surface area contributed by atoms with Crippen molar-refractivity contribution >= 4 is 54.5 Å². The second kappa shape index (κ2) is 47.2. The van der Waals surface area contributed by atoms with Gasteiger partial charge in [0.25, 0.3) is 0 Å². The number of unbranched alkanes of at least 4 members (excludes halogenated alkanes) is 1. The lowest BCUT2D eigenvalue weighted by atomic mass is 9.84. The van der Waals surface area contributed by atoms with E-state index >= 15 is 0 Å². The number of benzene rings is 15. The summed E-state index contributed by atoms with van der Waals surface area (Å²) < 4.78 is 23.7. The molecule has 0 amide bonds. The summed E-state index contributed by atoms with van der Waals surface area (Å²) in [6.07, 6.45) is 9.18. The highest BCUT2D eigenvalue weighted by Gasteiger charge is 2.35. The monoisotopic (exact) mass is 1800 g/mol. The maximum Gasteiger partial charge on any atom is 0.166 e. The van der Waals surface area contributed by atoms with Gasteiger partial charge >= 0.3 is 0 Å². The molecule has 1 fully saturated rings. The Balaban J connectivity index is 0.000000146. The van der Waals surface area contributed by atoms with Gasteiger partial charge in [-0.1, -0.05) is 256 Å². The Hall–Kier alpha value is -10.8. The van der Waals surface area contributed by atoms with Gasteiger partial charge in [0.05, 0.1) is 61.1 Å². The number of ether oxygens (including phenoxy) is 4. The lowest BCUT2D eigenvalue weighted by Gasteiger charge is -2.22. The van der Waals surface area contributed by atoms with E-state index in [4.69, 9.17) is 18.9 Å². The maximum absolute atomic E-state index is 6.00. The largest absolute Gasteiger partial charge is 0.494 e. The molecule has 0 spiro atoms. The van der Waals surface area contributed by atoms with E-state index in [1.165, 1.54) is 122 Å². The first-order valence-electron chi connectivity index (χ1n) is 45.6. The number of rotatable bonds is 23. The fraction of sp³-hybridized carbons (Fsp3) is 0.250. The lowest BCUT2D eigenvalue weighted by molar-refractivity contribution is 0.130. The number of hydrogen-bond acceptors (Lipinski definition) is 4. The molecular formula is C120H133O4S5+5. The zero-order chi connectivity index (χ0) is 91.2. The molecule has 0 bridgehead atoms. The summed E-state index contributed by atoms with van der Waals surface area (Å²) in [7, 11) is -0.489. The summed E-state index contributed by atoms with van der Waals surface area (Å²) in [5, 5.41) is 0. The van der Waals surface area contributed by atoms with E-state index in [9.17, 15) is 0 Å². The van der Waals surface area contributed by atoms with E-state index in [0.717, 1.165) is 48.4 Å². The van der Waals surface area contributed by atoms with Gasteiger partial charge in [-0.15, -0.1) is 0 Å². The molecule has 1 aliphatic carbocycles. The molecule has 0 heterocycles. The fourth-order valence-corrected chi connectivity index (χ4v) is 25.4. The van der Waals surface area contributed by atoms with Crippen LogP contribution in [0.25, 0.3) is 0 Å². The van der Waals surface area contributed by atoms with Crippen LogP contribution in [0.5, 0.6) is 23.0 Å². The van der Waals surface area contributed by atoms with Crippen molar-refractivity contribution in [2.24, 2.45) is 0 Å². The van der Waals surface area contributed by atoms with E-state index in [1.807, 2.05) is 0 Å². The minimum absolute atomic E-state index is 0.0278. The zero-order valence-corrected chi connectivity index (χ0v) is 82.8. The van der Waals surface area contributed by atoms with Gasteiger partial charge in [-0.2, -0.15) is 0 Å². The first-order chi connectivity index (χ1) is 62.1. The molecule has 0 N–H and O–H groups in total. The van der Waals surface area contributed by atoms with Crippen molar-refractivity contribution in [2.75, 3.05) is 6.61 Å². The first-order valence-corrected chi connectivity index (χ1v) is 51.8. The van der Waals surface area contributed by atoms with Crippen molar-refractivity contribution in [3.63, 3.8) is 0 Å². The normalized spacial score (nSPS) is 12.4. The van der Waals surface area contributed by atoms with Gasteiger partial charge in [-0.25, -0.2) is 0 Å². The molecule has 1 saturated carbocycles. The van der Waals surface area contributed by atoms with Crippen molar-refractivity contribution < 1.29 is 18.9 Å². The molecule has 129 heavy (non-hydrogen) atoms. The van der Waals surface area contributed by atoms with Crippen LogP contribution >= 0.6 is 0 Å². The molecule has 662 valence electrons. The molecule has 16 rings (SSSR count). The molecule has 15 aromatic carbocycles. The summed E-state index contributed by atoms with van der Waals surface area (Å²) >= 11 is 0. The zero-order valence-electron chi connectivity index (χ0n) is 78.7. The average molecular weight is 1800 g/mol. The highest BCUT2D eigenvalue weighted by molar-refractivity contribution is 7.98. The molecule has 9 heteroatoms. The van der Waals surface area contributed by atoms with Gasteiger partial charge in [0.1, 0.15) is 39.8 Å². The van der Waals surface area contributed by atoms with Gasteiger partial charge in [-0.05, 0) is 346 Å². The number of hydrogen-bond donors (Lipinski definition) is 0. The predicted octanol–water partition coefficient (Wildman–Crippen LogP) is 33.3. The van der Waals surface area contributed by atoms with Gasteiger partial charge in [0.2, 0.25) is 0 Å². The van der Waals surface area contributed by atoms with E-state index in [1.54, 1.807) is 0 Å². The van der Waals surface area contributed by atoms with Crippen LogP contribution in [-0.2, 0) is 65.3 Å².